The van der Waals surface area contributed by atoms with Crippen LogP contribution in [0.25, 0.3) is 132 Å². The predicted molar refractivity (Wildman–Crippen MR) is 370 cm³/mol. The molecule has 2 heterocycles. The van der Waals surface area contributed by atoms with E-state index in [2.05, 4.69) is 294 Å². The molecule has 410 valence electrons. The van der Waals surface area contributed by atoms with Crippen LogP contribution in [0.4, 0.5) is 11.4 Å². The van der Waals surface area contributed by atoms with Gasteiger partial charge in [0.05, 0.1) is 22.1 Å². The number of rotatable bonds is 5. The van der Waals surface area contributed by atoms with Crippen molar-refractivity contribution in [1.29, 1.82) is 0 Å². The smallest absolute Gasteiger partial charge is 0.0619 e. The van der Waals surface area contributed by atoms with Crippen molar-refractivity contribution in [2.24, 2.45) is 17.8 Å². The van der Waals surface area contributed by atoms with Crippen molar-refractivity contribution in [3.05, 3.63) is 301 Å². The maximum absolute atomic E-state index is 4.42. The quantitative estimate of drug-likeness (QED) is 0.167. The van der Waals surface area contributed by atoms with Gasteiger partial charge in [-0.15, -0.1) is 0 Å². The Bertz CT molecular complexity index is 5600. The molecule has 87 heavy (non-hydrogen) atoms. The van der Waals surface area contributed by atoms with E-state index in [9.17, 15) is 0 Å². The largest absolute Gasteiger partial charge is 0.314 e. The normalized spacial score (nSPS) is 17.9. The number of hydrogen-bond acceptors (Lipinski definition) is 1. The Labute approximate surface area is 505 Å². The first-order valence-corrected chi connectivity index (χ1v) is 31.1. The number of hydrogen-bond donors (Lipinski definition) is 0. The fraction of sp³-hybridized carbons (Fsp3) is 0.0952. The number of aromatic nitrogens is 2. The Balaban J connectivity index is 0.000000190. The third-order valence-electron chi connectivity index (χ3n) is 20.3. The number of nitrogens with zero attached hydrogens (tertiary/aromatic N) is 3. The van der Waals surface area contributed by atoms with Crippen molar-refractivity contribution < 1.29 is 0 Å². The summed E-state index contributed by atoms with van der Waals surface area (Å²) in [6, 6.07) is 90.3. The minimum Gasteiger partial charge on any atom is -0.314 e. The van der Waals surface area contributed by atoms with E-state index in [-0.39, 0.29) is 0 Å². The molecule has 13 aromatic carbocycles. The van der Waals surface area contributed by atoms with Crippen molar-refractivity contribution in [2.45, 2.75) is 32.1 Å². The summed E-state index contributed by atoms with van der Waals surface area (Å²) in [5.74, 6) is 2.35. The Morgan fingerprint density at radius 1 is 0.425 bits per heavy atom. The van der Waals surface area contributed by atoms with E-state index in [1.165, 1.54) is 166 Å². The van der Waals surface area contributed by atoms with E-state index < -0.39 is 0 Å². The van der Waals surface area contributed by atoms with Gasteiger partial charge in [-0.3, -0.25) is 0 Å². The summed E-state index contributed by atoms with van der Waals surface area (Å²) in [6.07, 6.45) is 13.0. The van der Waals surface area contributed by atoms with Crippen molar-refractivity contribution in [2.75, 3.05) is 4.90 Å². The molecule has 0 spiro atoms. The van der Waals surface area contributed by atoms with Crippen LogP contribution < -0.4 is 4.90 Å². The SMILES string of the molecule is C=C1Cc2c(ccc3ccccc23)-c2c1ccc1c2C=CC2CC12.Cc1ccc(N(C2=CC=C(n3c4ccc5ccccc5c4c4ccc5ccccc5c43)C3CC23)c2ccc(-n3c4ccc5ccccc5c4c4ccc5ccccc5c43)cc2)cc1. The van der Waals surface area contributed by atoms with Gasteiger partial charge in [-0.05, 0) is 181 Å². The molecule has 2 saturated carbocycles. The average Bonchev–Trinajstić information content (AvgIpc) is 1.64. The third kappa shape index (κ3) is 7.30. The monoisotopic (exact) mass is 1110 g/mol. The second kappa shape index (κ2) is 18.5. The van der Waals surface area contributed by atoms with E-state index in [4.69, 9.17) is 0 Å². The molecule has 0 amide bonds. The minimum atomic E-state index is 0.394. The summed E-state index contributed by atoms with van der Waals surface area (Å²) < 4.78 is 5.10. The van der Waals surface area contributed by atoms with Crippen molar-refractivity contribution >= 4 is 126 Å². The number of fused-ring (bicyclic) bond motifs is 24. The van der Waals surface area contributed by atoms with Crippen LogP contribution in [-0.2, 0) is 6.42 Å². The molecule has 2 aromatic heterocycles. The van der Waals surface area contributed by atoms with Gasteiger partial charge in [0.1, 0.15) is 0 Å². The Kier molecular flexibility index (Phi) is 10.4. The highest BCUT2D eigenvalue weighted by Gasteiger charge is 2.48. The van der Waals surface area contributed by atoms with Gasteiger partial charge in [0.15, 0.2) is 0 Å². The molecule has 15 aromatic rings. The Morgan fingerprint density at radius 3 is 1.59 bits per heavy atom. The minimum absolute atomic E-state index is 0.394. The van der Waals surface area contributed by atoms with Crippen molar-refractivity contribution in [3.63, 3.8) is 0 Å². The molecule has 20 rings (SSSR count). The molecule has 0 N–H and O–H groups in total. The molecule has 4 unspecified atom stereocenters. The van der Waals surface area contributed by atoms with Crippen LogP contribution in [0.1, 0.15) is 46.6 Å². The maximum Gasteiger partial charge on any atom is 0.0619 e. The fourth-order valence-electron chi connectivity index (χ4n) is 16.1. The van der Waals surface area contributed by atoms with Crippen molar-refractivity contribution in [1.82, 2.24) is 9.13 Å². The third-order valence-corrected chi connectivity index (χ3v) is 20.3. The fourth-order valence-corrected chi connectivity index (χ4v) is 16.1. The second-order valence-electron chi connectivity index (χ2n) is 25.2. The van der Waals surface area contributed by atoms with Gasteiger partial charge < -0.3 is 14.0 Å². The summed E-state index contributed by atoms with van der Waals surface area (Å²) >= 11 is 0. The molecule has 5 aliphatic carbocycles. The molecule has 0 bridgehead atoms. The second-order valence-corrected chi connectivity index (χ2v) is 25.2. The van der Waals surface area contributed by atoms with Crippen LogP contribution >= 0.6 is 0 Å². The topological polar surface area (TPSA) is 13.1 Å². The highest BCUT2D eigenvalue weighted by molar-refractivity contribution is 6.27. The van der Waals surface area contributed by atoms with Crippen LogP contribution in [0.3, 0.4) is 0 Å². The van der Waals surface area contributed by atoms with Gasteiger partial charge in [-0.2, -0.15) is 0 Å². The van der Waals surface area contributed by atoms with Gasteiger partial charge in [-0.25, -0.2) is 0 Å². The lowest BCUT2D eigenvalue weighted by atomic mass is 9.76. The van der Waals surface area contributed by atoms with E-state index in [1.54, 1.807) is 5.56 Å². The molecule has 5 aliphatic rings. The summed E-state index contributed by atoms with van der Waals surface area (Å²) in [4.78, 5) is 2.52. The summed E-state index contributed by atoms with van der Waals surface area (Å²) in [5, 5.41) is 18.2. The average molecular weight is 1110 g/mol. The van der Waals surface area contributed by atoms with Crippen LogP contribution in [-0.4, -0.2) is 9.13 Å². The maximum atomic E-state index is 4.42. The first-order valence-electron chi connectivity index (χ1n) is 31.1. The first kappa shape index (κ1) is 48.8. The molecule has 0 radical (unpaired) electrons. The highest BCUT2D eigenvalue weighted by Crippen LogP contribution is 2.59. The van der Waals surface area contributed by atoms with Gasteiger partial charge in [0, 0.05) is 72.6 Å². The van der Waals surface area contributed by atoms with Crippen molar-refractivity contribution in [3.8, 4) is 16.8 Å². The molecule has 4 atom stereocenters. The first-order chi connectivity index (χ1) is 43.0. The molecule has 3 heteroatoms. The zero-order valence-corrected chi connectivity index (χ0v) is 48.4. The van der Waals surface area contributed by atoms with Gasteiger partial charge in [-0.1, -0.05) is 218 Å². The van der Waals surface area contributed by atoms with E-state index in [0.717, 1.165) is 30.4 Å². The van der Waals surface area contributed by atoms with Crippen LogP contribution in [0.5, 0.6) is 0 Å². The number of benzene rings is 13. The molecular formula is C84H59N3. The number of anilines is 2. The molecule has 2 fully saturated rings. The molecular weight excluding hydrogens is 1050 g/mol. The lowest BCUT2D eigenvalue weighted by Gasteiger charge is -2.30. The lowest BCUT2D eigenvalue weighted by Crippen LogP contribution is -2.20. The summed E-state index contributed by atoms with van der Waals surface area (Å²) in [6.45, 7) is 6.59. The predicted octanol–water partition coefficient (Wildman–Crippen LogP) is 22.2. The summed E-state index contributed by atoms with van der Waals surface area (Å²) in [7, 11) is 0. The van der Waals surface area contributed by atoms with E-state index >= 15 is 0 Å². The molecule has 3 nitrogen and oxygen atoms in total. The Hall–Kier alpha value is -10.5. The van der Waals surface area contributed by atoms with Crippen LogP contribution in [0, 0.1) is 24.7 Å². The Morgan fingerprint density at radius 2 is 0.943 bits per heavy atom. The lowest BCUT2D eigenvalue weighted by molar-refractivity contribution is 0.855. The highest BCUT2D eigenvalue weighted by atomic mass is 15.2. The standard InChI is InChI=1S/C60H41N3.C24H18/c1-37-18-24-42(25-19-37)61(43-26-28-44(29-27-43)62-55-32-22-38-10-2-6-14-45(38)57(55)49-30-20-40-12-4-8-16-47(40)59(49)62)53-34-35-54(52-36-51(52)53)63-56-33-23-39-11-3-7-15-46(39)58(56)50-31-21-41-13-5-9-17-48(41)60(50)63;1-14-12-23-18-5-3-2-4-15(18)6-8-21(23)24-17(14)10-11-19-20(24)9-7-16-13-22(16)19/h2-35,51-52H,36H2,1H3;2-11,16,22H,1,12-13H2. The van der Waals surface area contributed by atoms with Gasteiger partial charge >= 0.3 is 0 Å². The van der Waals surface area contributed by atoms with E-state index in [0.29, 0.717) is 11.8 Å². The number of allylic oxidation sites excluding steroid dienone is 6. The van der Waals surface area contributed by atoms with Gasteiger partial charge in [0.2, 0.25) is 0 Å². The summed E-state index contributed by atoms with van der Waals surface area (Å²) in [5.41, 5.74) is 22.5. The van der Waals surface area contributed by atoms with E-state index in [1.807, 2.05) is 0 Å². The number of aryl methyl sites for hydroxylation is 1. The van der Waals surface area contributed by atoms with Crippen LogP contribution in [0.2, 0.25) is 0 Å². The van der Waals surface area contributed by atoms with Crippen LogP contribution in [0.15, 0.2) is 273 Å². The molecule has 0 aliphatic heterocycles. The molecule has 0 saturated heterocycles. The zero-order valence-electron chi connectivity index (χ0n) is 48.4. The van der Waals surface area contributed by atoms with Gasteiger partial charge in [0.25, 0.3) is 0 Å². The zero-order chi connectivity index (χ0) is 57.2.